The zero-order chi connectivity index (χ0) is 10.7. The van der Waals surface area contributed by atoms with Gasteiger partial charge in [-0.1, -0.05) is 6.42 Å². The number of nitrogens with two attached hydrogens (primary N) is 1. The lowest BCUT2D eigenvalue weighted by atomic mass is 10.1. The van der Waals surface area contributed by atoms with E-state index in [2.05, 4.69) is 10.3 Å². The van der Waals surface area contributed by atoms with Gasteiger partial charge >= 0.3 is 0 Å². The van der Waals surface area contributed by atoms with E-state index in [0.717, 1.165) is 18.7 Å². The number of aliphatic hydroxyl groups excluding tert-OH is 1. The molecule has 1 saturated carbocycles. The van der Waals surface area contributed by atoms with Gasteiger partial charge in [0.2, 0.25) is 0 Å². The third kappa shape index (κ3) is 2.39. The highest BCUT2D eigenvalue weighted by atomic mass is 16.3. The van der Waals surface area contributed by atoms with Gasteiger partial charge in [-0.05, 0) is 18.9 Å². The molecular formula is C11H17N3O. The zero-order valence-corrected chi connectivity index (χ0v) is 8.69. The molecule has 15 heavy (non-hydrogen) atoms. The summed E-state index contributed by atoms with van der Waals surface area (Å²) in [5.41, 5.74) is 6.38. The Morgan fingerprint density at radius 1 is 1.53 bits per heavy atom. The Morgan fingerprint density at radius 2 is 2.40 bits per heavy atom. The molecule has 0 aromatic carbocycles. The Kier molecular flexibility index (Phi) is 3.06. The van der Waals surface area contributed by atoms with Crippen molar-refractivity contribution >= 4 is 11.5 Å². The van der Waals surface area contributed by atoms with Crippen molar-refractivity contribution in [2.24, 2.45) is 5.92 Å². The molecular weight excluding hydrogens is 190 g/mol. The molecule has 2 unspecified atom stereocenters. The molecule has 1 heterocycles. The maximum absolute atomic E-state index is 9.18. The maximum Gasteiger partial charge on any atom is 0.128 e. The second kappa shape index (κ2) is 4.49. The SMILES string of the molecule is Nc1ccnc(NC2CCCC2CO)c1. The number of rotatable bonds is 3. The number of hydrogen-bond donors (Lipinski definition) is 3. The van der Waals surface area contributed by atoms with E-state index in [1.54, 1.807) is 12.3 Å². The van der Waals surface area contributed by atoms with Crippen LogP contribution in [-0.4, -0.2) is 22.7 Å². The lowest BCUT2D eigenvalue weighted by Gasteiger charge is -2.19. The minimum atomic E-state index is 0.250. The van der Waals surface area contributed by atoms with E-state index in [1.807, 2.05) is 6.07 Å². The predicted molar refractivity (Wildman–Crippen MR) is 60.5 cm³/mol. The van der Waals surface area contributed by atoms with E-state index in [4.69, 9.17) is 5.73 Å². The number of aliphatic hydroxyl groups is 1. The minimum absolute atomic E-state index is 0.250. The first-order chi connectivity index (χ1) is 7.29. The normalized spacial score (nSPS) is 25.4. The number of nitrogen functional groups attached to an aromatic ring is 1. The Labute approximate surface area is 89.5 Å². The van der Waals surface area contributed by atoms with Crippen LogP contribution in [0.2, 0.25) is 0 Å². The molecule has 4 nitrogen and oxygen atoms in total. The number of hydrogen-bond acceptors (Lipinski definition) is 4. The number of nitrogens with zero attached hydrogens (tertiary/aromatic N) is 1. The average molecular weight is 207 g/mol. The van der Waals surface area contributed by atoms with E-state index >= 15 is 0 Å². The van der Waals surface area contributed by atoms with Gasteiger partial charge in [0.05, 0.1) is 0 Å². The molecule has 1 aliphatic carbocycles. The van der Waals surface area contributed by atoms with Crippen LogP contribution >= 0.6 is 0 Å². The Balaban J connectivity index is 2.02. The summed E-state index contributed by atoms with van der Waals surface area (Å²) >= 11 is 0. The molecule has 1 aromatic heterocycles. The van der Waals surface area contributed by atoms with Crippen molar-refractivity contribution in [3.63, 3.8) is 0 Å². The van der Waals surface area contributed by atoms with Gasteiger partial charge in [-0.15, -0.1) is 0 Å². The first kappa shape index (κ1) is 10.2. The molecule has 1 aliphatic rings. The summed E-state index contributed by atoms with van der Waals surface area (Å²) in [7, 11) is 0. The van der Waals surface area contributed by atoms with E-state index in [1.165, 1.54) is 6.42 Å². The third-order valence-corrected chi connectivity index (χ3v) is 3.01. The summed E-state index contributed by atoms with van der Waals surface area (Å²) < 4.78 is 0. The molecule has 0 spiro atoms. The molecule has 0 aliphatic heterocycles. The first-order valence-corrected chi connectivity index (χ1v) is 5.38. The van der Waals surface area contributed by atoms with Gasteiger partial charge in [0.1, 0.15) is 5.82 Å². The van der Waals surface area contributed by atoms with Crippen LogP contribution in [-0.2, 0) is 0 Å². The van der Waals surface area contributed by atoms with Crippen molar-refractivity contribution in [2.75, 3.05) is 17.7 Å². The Morgan fingerprint density at radius 3 is 3.13 bits per heavy atom. The quantitative estimate of drug-likeness (QED) is 0.697. The zero-order valence-electron chi connectivity index (χ0n) is 8.69. The fourth-order valence-electron chi connectivity index (χ4n) is 2.16. The molecule has 2 atom stereocenters. The molecule has 2 rings (SSSR count). The topological polar surface area (TPSA) is 71.2 Å². The molecule has 0 amide bonds. The summed E-state index contributed by atoms with van der Waals surface area (Å²) in [6, 6.07) is 3.93. The van der Waals surface area contributed by atoms with Crippen LogP contribution in [0.25, 0.3) is 0 Å². The largest absolute Gasteiger partial charge is 0.399 e. The van der Waals surface area contributed by atoms with Crippen LogP contribution in [0.3, 0.4) is 0 Å². The molecule has 0 radical (unpaired) electrons. The monoisotopic (exact) mass is 207 g/mol. The van der Waals surface area contributed by atoms with Gasteiger partial charge < -0.3 is 16.2 Å². The smallest absolute Gasteiger partial charge is 0.128 e. The highest BCUT2D eigenvalue weighted by molar-refractivity contribution is 5.48. The fourth-order valence-corrected chi connectivity index (χ4v) is 2.16. The van der Waals surface area contributed by atoms with Crippen molar-refractivity contribution in [2.45, 2.75) is 25.3 Å². The van der Waals surface area contributed by atoms with E-state index in [-0.39, 0.29) is 6.61 Å². The van der Waals surface area contributed by atoms with Crippen LogP contribution in [0.1, 0.15) is 19.3 Å². The van der Waals surface area contributed by atoms with Gasteiger partial charge in [0, 0.05) is 36.5 Å². The molecule has 0 saturated heterocycles. The van der Waals surface area contributed by atoms with Crippen LogP contribution in [0.4, 0.5) is 11.5 Å². The van der Waals surface area contributed by atoms with Crippen molar-refractivity contribution in [3.05, 3.63) is 18.3 Å². The second-order valence-electron chi connectivity index (χ2n) is 4.10. The summed E-state index contributed by atoms with van der Waals surface area (Å²) in [5.74, 6) is 1.16. The highest BCUT2D eigenvalue weighted by Gasteiger charge is 2.26. The van der Waals surface area contributed by atoms with Gasteiger partial charge in [-0.2, -0.15) is 0 Å². The van der Waals surface area contributed by atoms with Crippen LogP contribution in [0.15, 0.2) is 18.3 Å². The van der Waals surface area contributed by atoms with Gasteiger partial charge in [-0.25, -0.2) is 4.98 Å². The van der Waals surface area contributed by atoms with Gasteiger partial charge in [0.25, 0.3) is 0 Å². The third-order valence-electron chi connectivity index (χ3n) is 3.01. The fraction of sp³-hybridized carbons (Fsp3) is 0.545. The van der Waals surface area contributed by atoms with E-state index < -0.39 is 0 Å². The first-order valence-electron chi connectivity index (χ1n) is 5.38. The summed E-state index contributed by atoms with van der Waals surface area (Å²) in [6.07, 6.45) is 5.06. The summed E-state index contributed by atoms with van der Waals surface area (Å²) in [6.45, 7) is 0.250. The lowest BCUT2D eigenvalue weighted by molar-refractivity contribution is 0.222. The molecule has 4 N–H and O–H groups in total. The van der Waals surface area contributed by atoms with Crippen molar-refractivity contribution in [3.8, 4) is 0 Å². The predicted octanol–water partition coefficient (Wildman–Crippen LogP) is 1.24. The molecule has 82 valence electrons. The van der Waals surface area contributed by atoms with E-state index in [9.17, 15) is 5.11 Å². The maximum atomic E-state index is 9.18. The molecule has 1 fully saturated rings. The number of aromatic nitrogens is 1. The Hall–Kier alpha value is -1.29. The van der Waals surface area contributed by atoms with Crippen LogP contribution in [0, 0.1) is 5.92 Å². The minimum Gasteiger partial charge on any atom is -0.399 e. The standard InChI is InChI=1S/C11H17N3O/c12-9-4-5-13-11(6-9)14-10-3-1-2-8(10)7-15/h4-6,8,10,15H,1-3,7H2,(H3,12,13,14). The van der Waals surface area contributed by atoms with Gasteiger partial charge in [-0.3, -0.25) is 0 Å². The average Bonchev–Trinajstić information content (AvgIpc) is 2.65. The molecule has 1 aromatic rings. The second-order valence-corrected chi connectivity index (χ2v) is 4.10. The van der Waals surface area contributed by atoms with Crippen molar-refractivity contribution in [1.82, 2.24) is 4.98 Å². The number of nitrogens with one attached hydrogen (secondary N) is 1. The Bertz CT molecular complexity index is 329. The number of pyridine rings is 1. The van der Waals surface area contributed by atoms with Crippen LogP contribution < -0.4 is 11.1 Å². The molecule has 0 bridgehead atoms. The van der Waals surface area contributed by atoms with Crippen molar-refractivity contribution in [1.29, 1.82) is 0 Å². The van der Waals surface area contributed by atoms with Crippen LogP contribution in [0.5, 0.6) is 0 Å². The summed E-state index contributed by atoms with van der Waals surface area (Å²) in [5, 5.41) is 12.5. The van der Waals surface area contributed by atoms with Gasteiger partial charge in [0.15, 0.2) is 0 Å². The highest BCUT2D eigenvalue weighted by Crippen LogP contribution is 2.27. The summed E-state index contributed by atoms with van der Waals surface area (Å²) in [4.78, 5) is 4.20. The molecule has 4 heteroatoms. The lowest BCUT2D eigenvalue weighted by Crippen LogP contribution is -2.26. The van der Waals surface area contributed by atoms with E-state index in [0.29, 0.717) is 17.6 Å². The number of anilines is 2. The van der Waals surface area contributed by atoms with Crippen molar-refractivity contribution < 1.29 is 5.11 Å².